The fraction of sp³-hybridized carbons (Fsp3) is 0.0741. The van der Waals surface area contributed by atoms with Crippen LogP contribution in [0.4, 0.5) is 10.8 Å². The number of thiazole rings is 1. The lowest BCUT2D eigenvalue weighted by Gasteiger charge is -2.13. The average molecular weight is 530 g/mol. The second-order valence-corrected chi connectivity index (χ2v) is 10.0. The van der Waals surface area contributed by atoms with Crippen LogP contribution >= 0.6 is 23.1 Å². The molecule has 2 heterocycles. The lowest BCUT2D eigenvalue weighted by Crippen LogP contribution is -2.30. The van der Waals surface area contributed by atoms with Crippen LogP contribution in [0.3, 0.4) is 0 Å². The van der Waals surface area contributed by atoms with Gasteiger partial charge in [0.15, 0.2) is 5.13 Å². The summed E-state index contributed by atoms with van der Waals surface area (Å²) < 4.78 is 0. The van der Waals surface area contributed by atoms with Gasteiger partial charge in [-0.3, -0.25) is 19.4 Å². The van der Waals surface area contributed by atoms with Crippen molar-refractivity contribution in [3.05, 3.63) is 108 Å². The van der Waals surface area contributed by atoms with Crippen LogP contribution in [0.25, 0.3) is 6.08 Å². The molecule has 0 aliphatic heterocycles. The van der Waals surface area contributed by atoms with Crippen molar-refractivity contribution in [3.8, 4) is 0 Å². The number of benzene rings is 2. The van der Waals surface area contributed by atoms with E-state index in [2.05, 4.69) is 25.9 Å². The summed E-state index contributed by atoms with van der Waals surface area (Å²) >= 11 is 2.71. The maximum atomic E-state index is 13.2. The van der Waals surface area contributed by atoms with E-state index in [-0.39, 0.29) is 16.9 Å². The lowest BCUT2D eigenvalue weighted by atomic mass is 10.2. The predicted octanol–water partition coefficient (Wildman–Crippen LogP) is 5.07. The second kappa shape index (κ2) is 12.6. The van der Waals surface area contributed by atoms with Gasteiger partial charge in [-0.05, 0) is 55.0 Å². The molecule has 2 aromatic heterocycles. The first kappa shape index (κ1) is 25.8. The molecule has 2 aromatic carbocycles. The number of thioether (sulfide) groups is 1. The minimum Gasteiger partial charge on any atom is -0.321 e. The summed E-state index contributed by atoms with van der Waals surface area (Å²) in [5.74, 6) is -1.07. The molecule has 0 bridgehead atoms. The molecule has 8 nitrogen and oxygen atoms in total. The summed E-state index contributed by atoms with van der Waals surface area (Å²) in [7, 11) is 0. The van der Waals surface area contributed by atoms with Crippen molar-refractivity contribution in [2.75, 3.05) is 10.6 Å². The Hall–Kier alpha value is -4.28. The summed E-state index contributed by atoms with van der Waals surface area (Å²) in [5.41, 5.74) is 1.67. The quantitative estimate of drug-likeness (QED) is 0.206. The largest absolute Gasteiger partial charge is 0.321 e. The Morgan fingerprint density at radius 3 is 2.54 bits per heavy atom. The summed E-state index contributed by atoms with van der Waals surface area (Å²) in [6.07, 6.45) is 6.41. The van der Waals surface area contributed by atoms with Gasteiger partial charge in [0.05, 0.1) is 5.25 Å². The lowest BCUT2D eigenvalue weighted by molar-refractivity contribution is -0.115. The van der Waals surface area contributed by atoms with Gasteiger partial charge in [0, 0.05) is 40.1 Å². The third-order valence-electron chi connectivity index (χ3n) is 4.96. The summed E-state index contributed by atoms with van der Waals surface area (Å²) in [6.45, 7) is 1.80. The Labute approximate surface area is 222 Å². The van der Waals surface area contributed by atoms with Gasteiger partial charge in [-0.2, -0.15) is 0 Å². The minimum atomic E-state index is -0.496. The molecule has 10 heteroatoms. The van der Waals surface area contributed by atoms with Gasteiger partial charge in [-0.15, -0.1) is 23.1 Å². The van der Waals surface area contributed by atoms with Crippen molar-refractivity contribution in [1.29, 1.82) is 0 Å². The molecule has 0 saturated carbocycles. The molecular weight excluding hydrogens is 506 g/mol. The van der Waals surface area contributed by atoms with E-state index in [4.69, 9.17) is 0 Å². The molecule has 0 aliphatic carbocycles. The van der Waals surface area contributed by atoms with Crippen molar-refractivity contribution >= 4 is 57.7 Å². The van der Waals surface area contributed by atoms with Crippen molar-refractivity contribution in [2.24, 2.45) is 0 Å². The van der Waals surface area contributed by atoms with Gasteiger partial charge in [-0.1, -0.05) is 30.3 Å². The third-order valence-corrected chi connectivity index (χ3v) is 6.74. The van der Waals surface area contributed by atoms with E-state index in [0.717, 1.165) is 4.90 Å². The molecule has 0 radical (unpaired) electrons. The highest BCUT2D eigenvalue weighted by molar-refractivity contribution is 8.00. The monoisotopic (exact) mass is 529 g/mol. The van der Waals surface area contributed by atoms with Crippen LogP contribution in [0.15, 0.2) is 101 Å². The second-order valence-electron chi connectivity index (χ2n) is 7.73. The van der Waals surface area contributed by atoms with E-state index in [9.17, 15) is 14.4 Å². The number of hydrogen-bond donors (Lipinski definition) is 3. The number of hydrogen-bond acceptors (Lipinski definition) is 7. The molecule has 0 saturated heterocycles. The standard InChI is InChI=1S/C27H23N5O3S2/c1-18(24(33)32-27-29-13-14-36-27)37-22-11-5-10-21(16-22)30-26(35)23(15-19-7-6-12-28-17-19)31-25(34)20-8-3-2-4-9-20/h2-18H,1H3,(H,30,35)(H,31,34)(H,29,32,33)/b23-15-. The molecule has 3 amide bonds. The predicted molar refractivity (Wildman–Crippen MR) is 147 cm³/mol. The number of aromatic nitrogens is 2. The number of nitrogens with one attached hydrogen (secondary N) is 3. The molecule has 0 fully saturated rings. The van der Waals surface area contributed by atoms with E-state index in [0.29, 0.717) is 21.9 Å². The minimum absolute atomic E-state index is 0.0658. The first-order valence-corrected chi connectivity index (χ1v) is 13.0. The maximum absolute atomic E-state index is 13.2. The van der Waals surface area contributed by atoms with Crippen molar-refractivity contribution in [3.63, 3.8) is 0 Å². The van der Waals surface area contributed by atoms with Crippen molar-refractivity contribution in [2.45, 2.75) is 17.1 Å². The summed E-state index contributed by atoms with van der Waals surface area (Å²) in [5, 5.41) is 10.3. The summed E-state index contributed by atoms with van der Waals surface area (Å²) in [6, 6.07) is 19.3. The highest BCUT2D eigenvalue weighted by Gasteiger charge is 2.18. The van der Waals surface area contributed by atoms with E-state index in [1.807, 2.05) is 12.1 Å². The van der Waals surface area contributed by atoms with Gasteiger partial charge >= 0.3 is 0 Å². The Bertz CT molecular complexity index is 1390. The highest BCUT2D eigenvalue weighted by Crippen LogP contribution is 2.27. The molecule has 1 atom stereocenters. The number of carbonyl (C=O) groups excluding carboxylic acids is 3. The Kier molecular flexibility index (Phi) is 8.79. The van der Waals surface area contributed by atoms with E-state index in [1.165, 1.54) is 23.1 Å². The first-order chi connectivity index (χ1) is 18.0. The molecule has 4 rings (SSSR count). The van der Waals surface area contributed by atoms with Crippen LogP contribution in [0.5, 0.6) is 0 Å². The molecule has 0 spiro atoms. The van der Waals surface area contributed by atoms with Gasteiger partial charge in [-0.25, -0.2) is 4.98 Å². The normalized spacial score (nSPS) is 11.9. The Balaban J connectivity index is 1.47. The molecule has 186 valence electrons. The summed E-state index contributed by atoms with van der Waals surface area (Å²) in [4.78, 5) is 47.4. The molecule has 4 aromatic rings. The van der Waals surface area contributed by atoms with Gasteiger partial charge in [0.1, 0.15) is 5.70 Å². The average Bonchev–Trinajstić information content (AvgIpc) is 3.42. The van der Waals surface area contributed by atoms with Crippen LogP contribution in [0.1, 0.15) is 22.8 Å². The molecule has 1 unspecified atom stereocenters. The van der Waals surface area contributed by atoms with Crippen molar-refractivity contribution < 1.29 is 14.4 Å². The van der Waals surface area contributed by atoms with E-state index < -0.39 is 11.8 Å². The topological polar surface area (TPSA) is 113 Å². The zero-order chi connectivity index (χ0) is 26.0. The van der Waals surface area contributed by atoms with Crippen molar-refractivity contribution in [1.82, 2.24) is 15.3 Å². The SMILES string of the molecule is CC(Sc1cccc(NC(=O)/C(=C/c2cccnc2)NC(=O)c2ccccc2)c1)C(=O)Nc1nccs1. The number of amides is 3. The smallest absolute Gasteiger partial charge is 0.272 e. The molecule has 37 heavy (non-hydrogen) atoms. The van der Waals surface area contributed by atoms with Gasteiger partial charge < -0.3 is 16.0 Å². The van der Waals surface area contributed by atoms with Crippen LogP contribution in [0.2, 0.25) is 0 Å². The fourth-order valence-corrected chi connectivity index (χ4v) is 4.62. The zero-order valence-corrected chi connectivity index (χ0v) is 21.4. The zero-order valence-electron chi connectivity index (χ0n) is 19.8. The molecule has 0 aliphatic rings. The van der Waals surface area contributed by atoms with E-state index in [1.54, 1.807) is 91.6 Å². The van der Waals surface area contributed by atoms with Crippen LogP contribution in [-0.2, 0) is 9.59 Å². The van der Waals surface area contributed by atoms with Gasteiger partial charge in [0.25, 0.3) is 11.8 Å². The molecular formula is C27H23N5O3S2. The van der Waals surface area contributed by atoms with Crippen LogP contribution < -0.4 is 16.0 Å². The van der Waals surface area contributed by atoms with Crippen LogP contribution in [0, 0.1) is 0 Å². The van der Waals surface area contributed by atoms with Gasteiger partial charge in [0.2, 0.25) is 5.91 Å². The van der Waals surface area contributed by atoms with E-state index >= 15 is 0 Å². The number of nitrogens with zero attached hydrogens (tertiary/aromatic N) is 2. The highest BCUT2D eigenvalue weighted by atomic mass is 32.2. The maximum Gasteiger partial charge on any atom is 0.272 e. The fourth-order valence-electron chi connectivity index (χ4n) is 3.17. The van der Waals surface area contributed by atoms with Crippen LogP contribution in [-0.4, -0.2) is 32.9 Å². The molecule has 3 N–H and O–H groups in total. The number of pyridine rings is 1. The Morgan fingerprint density at radius 1 is 0.973 bits per heavy atom. The Morgan fingerprint density at radius 2 is 1.81 bits per heavy atom. The number of carbonyl (C=O) groups is 3. The third kappa shape index (κ3) is 7.60. The number of anilines is 2. The first-order valence-electron chi connectivity index (χ1n) is 11.2. The number of rotatable bonds is 9.